The highest BCUT2D eigenvalue weighted by Gasteiger charge is 2.08. The van der Waals surface area contributed by atoms with E-state index in [0.29, 0.717) is 50.1 Å². The third-order valence-electron chi connectivity index (χ3n) is 4.33. The van der Waals surface area contributed by atoms with Gasteiger partial charge in [-0.3, -0.25) is 19.6 Å². The van der Waals surface area contributed by atoms with Crippen molar-refractivity contribution in [1.82, 2.24) is 10.6 Å². The van der Waals surface area contributed by atoms with Gasteiger partial charge in [-0.25, -0.2) is 0 Å². The van der Waals surface area contributed by atoms with Gasteiger partial charge in [0.15, 0.2) is 0 Å². The number of benzene rings is 2. The molecule has 176 valence electrons. The first-order valence-electron chi connectivity index (χ1n) is 10.3. The van der Waals surface area contributed by atoms with Crippen molar-refractivity contribution in [2.75, 3.05) is 26.2 Å². The quantitative estimate of drug-likeness (QED) is 0.174. The molecule has 0 bridgehead atoms. The van der Waals surface area contributed by atoms with Crippen LogP contribution in [-0.4, -0.2) is 60.6 Å². The monoisotopic (exact) mass is 580 g/mol. The smallest absolute Gasteiger partial charge is 0.229 e. The molecule has 0 aliphatic carbocycles. The van der Waals surface area contributed by atoms with E-state index in [-0.39, 0.29) is 29.7 Å². The van der Waals surface area contributed by atoms with Crippen molar-refractivity contribution in [3.05, 3.63) is 56.5 Å². The van der Waals surface area contributed by atoms with Gasteiger partial charge in [0.1, 0.15) is 17.9 Å². The molecule has 2 aromatic carbocycles. The first kappa shape index (κ1) is 26.5. The lowest BCUT2D eigenvalue weighted by Gasteiger charge is -2.05. The summed E-state index contributed by atoms with van der Waals surface area (Å²) >= 11 is 6.67. The number of nitrogens with one attached hydrogen (secondary N) is 2. The second-order valence-corrected chi connectivity index (χ2v) is 8.89. The standard InChI is InChI=1S/C23H26Br2N4O4/c24-18-3-5-20(30)16(11-18)14-26-7-1-9-28-22(32)13-23(33)29-10-2-8-27-15-17-12-19(25)4-6-21(17)31/h3-6,11-12,14-15,30-31H,1-2,7-10,13H2,(H,28,32)(H,29,33). The minimum atomic E-state index is -0.343. The maximum atomic E-state index is 11.8. The minimum Gasteiger partial charge on any atom is -0.507 e. The summed E-state index contributed by atoms with van der Waals surface area (Å²) in [6.45, 7) is 1.78. The Morgan fingerprint density at radius 3 is 1.64 bits per heavy atom. The number of hydrogen-bond acceptors (Lipinski definition) is 6. The average molecular weight is 582 g/mol. The molecule has 0 fully saturated rings. The van der Waals surface area contributed by atoms with Crippen LogP contribution in [0.3, 0.4) is 0 Å². The van der Waals surface area contributed by atoms with E-state index in [1.54, 1.807) is 48.8 Å². The number of rotatable bonds is 12. The fraction of sp³-hybridized carbons (Fsp3) is 0.304. The molecule has 0 aliphatic rings. The van der Waals surface area contributed by atoms with Crippen molar-refractivity contribution in [3.8, 4) is 11.5 Å². The van der Waals surface area contributed by atoms with Crippen LogP contribution in [0.15, 0.2) is 55.3 Å². The number of hydrogen-bond donors (Lipinski definition) is 4. The van der Waals surface area contributed by atoms with Crippen molar-refractivity contribution in [2.24, 2.45) is 9.98 Å². The van der Waals surface area contributed by atoms with Gasteiger partial charge in [-0.05, 0) is 49.2 Å². The van der Waals surface area contributed by atoms with Gasteiger partial charge in [0.05, 0.1) is 0 Å². The highest BCUT2D eigenvalue weighted by molar-refractivity contribution is 9.10. The van der Waals surface area contributed by atoms with E-state index in [1.807, 2.05) is 0 Å². The van der Waals surface area contributed by atoms with Gasteiger partial charge in [0, 0.05) is 58.7 Å². The number of phenolic OH excluding ortho intramolecular Hbond substituents is 2. The highest BCUT2D eigenvalue weighted by Crippen LogP contribution is 2.20. The van der Waals surface area contributed by atoms with Crippen LogP contribution in [0.4, 0.5) is 0 Å². The van der Waals surface area contributed by atoms with Crippen molar-refractivity contribution in [1.29, 1.82) is 0 Å². The molecule has 0 aromatic heterocycles. The molecule has 2 aromatic rings. The molecule has 0 heterocycles. The number of aromatic hydroxyl groups is 2. The van der Waals surface area contributed by atoms with Crippen LogP contribution in [0.25, 0.3) is 0 Å². The highest BCUT2D eigenvalue weighted by atomic mass is 79.9. The van der Waals surface area contributed by atoms with Crippen molar-refractivity contribution >= 4 is 56.1 Å². The maximum absolute atomic E-state index is 11.8. The SMILES string of the molecule is O=C(CC(=O)NCCCN=Cc1cc(Br)ccc1O)NCCCN=Cc1cc(Br)ccc1O. The van der Waals surface area contributed by atoms with Crippen LogP contribution in [0.5, 0.6) is 11.5 Å². The van der Waals surface area contributed by atoms with Crippen LogP contribution >= 0.6 is 31.9 Å². The van der Waals surface area contributed by atoms with E-state index in [0.717, 1.165) is 8.95 Å². The summed E-state index contributed by atoms with van der Waals surface area (Å²) in [6, 6.07) is 10.2. The Morgan fingerprint density at radius 2 is 1.21 bits per heavy atom. The fourth-order valence-electron chi connectivity index (χ4n) is 2.65. The molecular weight excluding hydrogens is 556 g/mol. The Morgan fingerprint density at radius 1 is 0.788 bits per heavy atom. The fourth-order valence-corrected chi connectivity index (χ4v) is 3.41. The lowest BCUT2D eigenvalue weighted by molar-refractivity contribution is -0.129. The zero-order chi connectivity index (χ0) is 24.1. The summed E-state index contributed by atoms with van der Waals surface area (Å²) < 4.78 is 1.70. The van der Waals surface area contributed by atoms with Crippen molar-refractivity contribution < 1.29 is 19.8 Å². The summed E-state index contributed by atoms with van der Waals surface area (Å²) in [5, 5.41) is 24.9. The number of carbonyl (C=O) groups is 2. The summed E-state index contributed by atoms with van der Waals surface area (Å²) in [4.78, 5) is 32.1. The number of halogens is 2. The molecule has 0 spiro atoms. The molecule has 10 heteroatoms. The summed E-state index contributed by atoms with van der Waals surface area (Å²) in [5.41, 5.74) is 1.23. The molecule has 0 atom stereocenters. The lowest BCUT2D eigenvalue weighted by Crippen LogP contribution is -2.33. The number of phenols is 2. The Labute approximate surface area is 209 Å². The van der Waals surface area contributed by atoms with E-state index < -0.39 is 0 Å². The van der Waals surface area contributed by atoms with Crippen molar-refractivity contribution in [3.63, 3.8) is 0 Å². The lowest BCUT2D eigenvalue weighted by atomic mass is 10.2. The van der Waals surface area contributed by atoms with E-state index in [9.17, 15) is 19.8 Å². The topological polar surface area (TPSA) is 123 Å². The molecule has 33 heavy (non-hydrogen) atoms. The molecule has 0 saturated carbocycles. The molecule has 0 aliphatic heterocycles. The Bertz CT molecular complexity index is 932. The predicted octanol–water partition coefficient (Wildman–Crippen LogP) is 3.56. The van der Waals surface area contributed by atoms with E-state index in [2.05, 4.69) is 52.5 Å². The molecule has 2 rings (SSSR count). The molecular formula is C23H26Br2N4O4. The van der Waals surface area contributed by atoms with Crippen molar-refractivity contribution in [2.45, 2.75) is 19.3 Å². The van der Waals surface area contributed by atoms with Gasteiger partial charge in [0.2, 0.25) is 11.8 Å². The molecule has 8 nitrogen and oxygen atoms in total. The predicted molar refractivity (Wildman–Crippen MR) is 136 cm³/mol. The first-order valence-corrected chi connectivity index (χ1v) is 11.9. The molecule has 4 N–H and O–H groups in total. The zero-order valence-electron chi connectivity index (χ0n) is 17.9. The van der Waals surface area contributed by atoms with Gasteiger partial charge in [-0.2, -0.15) is 0 Å². The second-order valence-electron chi connectivity index (χ2n) is 7.06. The number of carbonyl (C=O) groups excluding carboxylic acids is 2. The summed E-state index contributed by atoms with van der Waals surface area (Å²) in [5.74, 6) is -0.387. The van der Waals surface area contributed by atoms with E-state index in [4.69, 9.17) is 0 Å². The molecule has 2 amide bonds. The van der Waals surface area contributed by atoms with Gasteiger partial charge in [0.25, 0.3) is 0 Å². The Hall–Kier alpha value is -2.72. The van der Waals surface area contributed by atoms with Gasteiger partial charge in [-0.1, -0.05) is 31.9 Å². The van der Waals surface area contributed by atoms with Crippen LogP contribution in [0, 0.1) is 0 Å². The van der Waals surface area contributed by atoms with Gasteiger partial charge < -0.3 is 20.8 Å². The number of aliphatic imine (C=N–C) groups is 2. The first-order chi connectivity index (χ1) is 15.8. The second kappa shape index (κ2) is 14.4. The van der Waals surface area contributed by atoms with Crippen LogP contribution in [0.2, 0.25) is 0 Å². The van der Waals surface area contributed by atoms with Gasteiger partial charge in [-0.15, -0.1) is 0 Å². The maximum Gasteiger partial charge on any atom is 0.229 e. The van der Waals surface area contributed by atoms with Crippen LogP contribution in [-0.2, 0) is 9.59 Å². The average Bonchev–Trinajstić information content (AvgIpc) is 2.77. The minimum absolute atomic E-state index is 0.150. The normalized spacial score (nSPS) is 11.2. The van der Waals surface area contributed by atoms with E-state index >= 15 is 0 Å². The third-order valence-corrected chi connectivity index (χ3v) is 5.32. The Balaban J connectivity index is 1.54. The Kier molecular flexibility index (Phi) is 11.6. The van der Waals surface area contributed by atoms with Crippen LogP contribution < -0.4 is 10.6 Å². The molecule has 0 radical (unpaired) electrons. The largest absolute Gasteiger partial charge is 0.507 e. The van der Waals surface area contributed by atoms with Gasteiger partial charge >= 0.3 is 0 Å². The van der Waals surface area contributed by atoms with Crippen LogP contribution in [0.1, 0.15) is 30.4 Å². The van der Waals surface area contributed by atoms with E-state index in [1.165, 1.54) is 0 Å². The summed E-state index contributed by atoms with van der Waals surface area (Å²) in [6.07, 6.45) is 4.17. The zero-order valence-corrected chi connectivity index (χ0v) is 21.1. The number of amides is 2. The molecule has 0 saturated heterocycles. The molecule has 0 unspecified atom stereocenters. The summed E-state index contributed by atoms with van der Waals surface area (Å²) in [7, 11) is 0. The third kappa shape index (κ3) is 10.6. The number of nitrogens with zero attached hydrogens (tertiary/aromatic N) is 2.